The normalized spacial score (nSPS) is 15.7. The van der Waals surface area contributed by atoms with E-state index >= 15 is 0 Å². The zero-order valence-corrected chi connectivity index (χ0v) is 17.4. The summed E-state index contributed by atoms with van der Waals surface area (Å²) >= 11 is 0. The van der Waals surface area contributed by atoms with E-state index in [0.29, 0.717) is 18.5 Å². The van der Waals surface area contributed by atoms with E-state index in [0.717, 1.165) is 34.3 Å². The Bertz CT molecular complexity index is 1250. The van der Waals surface area contributed by atoms with Crippen molar-refractivity contribution in [2.75, 3.05) is 11.9 Å². The van der Waals surface area contributed by atoms with Crippen molar-refractivity contribution < 1.29 is 9.18 Å². The fraction of sp³-hybridized carbons (Fsp3) is 0.192. The molecule has 2 heterocycles. The number of rotatable bonds is 3. The minimum atomic E-state index is -0.521. The van der Waals surface area contributed by atoms with Gasteiger partial charge in [0.05, 0.1) is 0 Å². The second kappa shape index (κ2) is 7.91. The van der Waals surface area contributed by atoms with Crippen molar-refractivity contribution in [1.29, 1.82) is 0 Å². The average molecular weight is 413 g/mol. The molecule has 2 amide bonds. The van der Waals surface area contributed by atoms with Crippen LogP contribution in [0.25, 0.3) is 10.9 Å². The number of fused-ring (bicyclic) bond motifs is 3. The Balaban J connectivity index is 1.56. The molecule has 3 aromatic carbocycles. The van der Waals surface area contributed by atoms with Gasteiger partial charge < -0.3 is 15.2 Å². The lowest BCUT2D eigenvalue weighted by Gasteiger charge is -2.36. The molecule has 5 rings (SSSR count). The third kappa shape index (κ3) is 3.46. The maximum Gasteiger partial charge on any atom is 0.322 e. The number of halogens is 1. The summed E-state index contributed by atoms with van der Waals surface area (Å²) in [6.07, 6.45) is 1.66. The highest BCUT2D eigenvalue weighted by Crippen LogP contribution is 2.39. The summed E-state index contributed by atoms with van der Waals surface area (Å²) < 4.78 is 14.9. The van der Waals surface area contributed by atoms with E-state index in [1.807, 2.05) is 48.5 Å². The number of hydrogen-bond acceptors (Lipinski definition) is 1. The summed E-state index contributed by atoms with van der Waals surface area (Å²) in [7, 11) is 0. The van der Waals surface area contributed by atoms with Gasteiger partial charge in [-0.15, -0.1) is 0 Å². The number of carbonyl (C=O) groups is 1. The van der Waals surface area contributed by atoms with Crippen molar-refractivity contribution in [2.45, 2.75) is 25.8 Å². The average Bonchev–Trinajstić information content (AvgIpc) is 3.18. The van der Waals surface area contributed by atoms with E-state index in [1.165, 1.54) is 11.6 Å². The van der Waals surface area contributed by atoms with Crippen LogP contribution in [0.15, 0.2) is 72.8 Å². The zero-order valence-electron chi connectivity index (χ0n) is 17.4. The van der Waals surface area contributed by atoms with Gasteiger partial charge in [-0.2, -0.15) is 0 Å². The molecule has 1 aliphatic heterocycles. The largest absolute Gasteiger partial charge is 0.356 e. The smallest absolute Gasteiger partial charge is 0.322 e. The van der Waals surface area contributed by atoms with E-state index in [2.05, 4.69) is 23.3 Å². The molecule has 1 atom stereocenters. The lowest BCUT2D eigenvalue weighted by atomic mass is 9.92. The fourth-order valence-electron chi connectivity index (χ4n) is 4.50. The number of aromatic amines is 1. The summed E-state index contributed by atoms with van der Waals surface area (Å²) in [4.78, 5) is 18.5. The van der Waals surface area contributed by atoms with Gasteiger partial charge >= 0.3 is 6.03 Å². The Hall–Kier alpha value is -3.60. The first kappa shape index (κ1) is 19.4. The molecule has 5 heteroatoms. The fourth-order valence-corrected chi connectivity index (χ4v) is 4.50. The second-order valence-corrected chi connectivity index (χ2v) is 7.91. The Morgan fingerprint density at radius 1 is 1.06 bits per heavy atom. The van der Waals surface area contributed by atoms with Gasteiger partial charge in [0.15, 0.2) is 0 Å². The van der Waals surface area contributed by atoms with Crippen molar-refractivity contribution in [3.63, 3.8) is 0 Å². The highest BCUT2D eigenvalue weighted by molar-refractivity contribution is 5.91. The number of aryl methyl sites for hydroxylation is 1. The first-order valence-electron chi connectivity index (χ1n) is 10.7. The Morgan fingerprint density at radius 3 is 2.58 bits per heavy atom. The number of H-pyrrole nitrogens is 1. The number of carbonyl (C=O) groups excluding carboxylic acids is 1. The highest BCUT2D eigenvalue weighted by atomic mass is 19.1. The predicted molar refractivity (Wildman–Crippen MR) is 122 cm³/mol. The zero-order chi connectivity index (χ0) is 21.4. The number of nitrogens with zero attached hydrogens (tertiary/aromatic N) is 1. The van der Waals surface area contributed by atoms with Gasteiger partial charge in [0.1, 0.15) is 11.9 Å². The number of nitrogens with one attached hydrogen (secondary N) is 2. The first-order chi connectivity index (χ1) is 15.2. The van der Waals surface area contributed by atoms with Crippen LogP contribution >= 0.6 is 0 Å². The third-order valence-corrected chi connectivity index (χ3v) is 6.11. The summed E-state index contributed by atoms with van der Waals surface area (Å²) in [5.74, 6) is -0.316. The topological polar surface area (TPSA) is 48.1 Å². The van der Waals surface area contributed by atoms with Crippen molar-refractivity contribution in [1.82, 2.24) is 9.88 Å². The van der Waals surface area contributed by atoms with E-state index in [4.69, 9.17) is 0 Å². The number of para-hydroxylation sites is 1. The lowest BCUT2D eigenvalue weighted by Crippen LogP contribution is -2.43. The van der Waals surface area contributed by atoms with Crippen molar-refractivity contribution >= 4 is 22.6 Å². The number of anilines is 1. The van der Waals surface area contributed by atoms with Gasteiger partial charge in [-0.1, -0.05) is 55.5 Å². The van der Waals surface area contributed by atoms with E-state index in [-0.39, 0.29) is 11.8 Å². The summed E-state index contributed by atoms with van der Waals surface area (Å²) in [5.41, 5.74) is 5.48. The molecule has 0 radical (unpaired) electrons. The van der Waals surface area contributed by atoms with Gasteiger partial charge in [-0.25, -0.2) is 9.18 Å². The molecular formula is C26H24FN3O. The maximum absolute atomic E-state index is 14.9. The molecule has 0 saturated heterocycles. The van der Waals surface area contributed by atoms with Crippen LogP contribution in [0.2, 0.25) is 0 Å². The molecular weight excluding hydrogens is 389 g/mol. The van der Waals surface area contributed by atoms with Crippen LogP contribution in [0.1, 0.15) is 35.3 Å². The molecule has 1 unspecified atom stereocenters. The van der Waals surface area contributed by atoms with Crippen LogP contribution in [0.3, 0.4) is 0 Å². The van der Waals surface area contributed by atoms with Crippen LogP contribution in [-0.2, 0) is 12.8 Å². The molecule has 0 saturated carbocycles. The summed E-state index contributed by atoms with van der Waals surface area (Å²) in [6, 6.07) is 21.9. The molecule has 0 aliphatic carbocycles. The van der Waals surface area contributed by atoms with E-state index in [1.54, 1.807) is 17.0 Å². The third-order valence-electron chi connectivity index (χ3n) is 6.11. The number of hydrogen-bond donors (Lipinski definition) is 2. The van der Waals surface area contributed by atoms with Crippen LogP contribution in [0, 0.1) is 5.82 Å². The van der Waals surface area contributed by atoms with Crippen LogP contribution < -0.4 is 5.32 Å². The molecule has 2 N–H and O–H groups in total. The molecule has 156 valence electrons. The molecule has 0 spiro atoms. The van der Waals surface area contributed by atoms with Crippen molar-refractivity contribution in [3.8, 4) is 0 Å². The van der Waals surface area contributed by atoms with Crippen LogP contribution in [0.4, 0.5) is 14.9 Å². The first-order valence-corrected chi connectivity index (χ1v) is 10.7. The summed E-state index contributed by atoms with van der Waals surface area (Å²) in [6.45, 7) is 2.60. The molecule has 0 fully saturated rings. The van der Waals surface area contributed by atoms with Crippen molar-refractivity contribution in [2.24, 2.45) is 0 Å². The molecule has 1 aromatic heterocycles. The highest BCUT2D eigenvalue weighted by Gasteiger charge is 2.35. The second-order valence-electron chi connectivity index (χ2n) is 7.91. The Kier molecular flexibility index (Phi) is 4.94. The Labute approximate surface area is 180 Å². The minimum Gasteiger partial charge on any atom is -0.356 e. The SMILES string of the molecule is CCc1ccc(NC(=O)N2CCc3c([nH]c4ccccc34)C2c2ccccc2F)cc1. The predicted octanol–water partition coefficient (Wildman–Crippen LogP) is 6.05. The number of benzene rings is 3. The van der Waals surface area contributed by atoms with E-state index < -0.39 is 6.04 Å². The standard InChI is InChI=1S/C26H24FN3O/c1-2-17-11-13-18(14-12-17)28-26(31)30-16-15-20-19-7-4-6-10-23(19)29-24(20)25(30)21-8-3-5-9-22(21)27/h3-14,25,29H,2,15-16H2,1H3,(H,28,31). The molecule has 4 nitrogen and oxygen atoms in total. The minimum absolute atomic E-state index is 0.234. The van der Waals surface area contributed by atoms with E-state index in [9.17, 15) is 9.18 Å². The van der Waals surface area contributed by atoms with Gasteiger partial charge in [0.2, 0.25) is 0 Å². The van der Waals surface area contributed by atoms with Crippen molar-refractivity contribution in [3.05, 3.63) is 101 Å². The van der Waals surface area contributed by atoms with Crippen LogP contribution in [0.5, 0.6) is 0 Å². The Morgan fingerprint density at radius 2 is 1.81 bits per heavy atom. The monoisotopic (exact) mass is 413 g/mol. The number of amides is 2. The van der Waals surface area contributed by atoms with Gasteiger partial charge in [0.25, 0.3) is 0 Å². The molecule has 0 bridgehead atoms. The quantitative estimate of drug-likeness (QED) is 0.422. The molecule has 1 aliphatic rings. The molecule has 31 heavy (non-hydrogen) atoms. The summed E-state index contributed by atoms with van der Waals surface area (Å²) in [5, 5.41) is 4.13. The van der Waals surface area contributed by atoms with Crippen LogP contribution in [-0.4, -0.2) is 22.5 Å². The molecule has 4 aromatic rings. The maximum atomic E-state index is 14.9. The number of aromatic nitrogens is 1. The van der Waals surface area contributed by atoms with Gasteiger partial charge in [-0.3, -0.25) is 0 Å². The van der Waals surface area contributed by atoms with Gasteiger partial charge in [-0.05, 0) is 48.2 Å². The lowest BCUT2D eigenvalue weighted by molar-refractivity contribution is 0.192. The number of urea groups is 1. The van der Waals surface area contributed by atoms with Gasteiger partial charge in [0, 0.05) is 34.4 Å².